The lowest BCUT2D eigenvalue weighted by atomic mass is 9.48. The summed E-state index contributed by atoms with van der Waals surface area (Å²) >= 11 is 0. The second-order valence-electron chi connectivity index (χ2n) is 7.04. The van der Waals surface area contributed by atoms with Gasteiger partial charge in [-0.1, -0.05) is 26.0 Å². The summed E-state index contributed by atoms with van der Waals surface area (Å²) in [5, 5.41) is 0. The fourth-order valence-corrected chi connectivity index (χ4v) is 4.62. The molecule has 0 saturated heterocycles. The summed E-state index contributed by atoms with van der Waals surface area (Å²) in [6.45, 7) is 8.59. The zero-order valence-electron chi connectivity index (χ0n) is 11.9. The molecule has 0 radical (unpaired) electrons. The molecule has 19 heavy (non-hydrogen) atoms. The molecule has 0 N–H and O–H groups in total. The van der Waals surface area contributed by atoms with Crippen molar-refractivity contribution >= 4 is 11.6 Å². The van der Waals surface area contributed by atoms with E-state index in [2.05, 4.69) is 20.4 Å². The number of carbonyl (C=O) groups is 2. The molecular formula is C17H24O2. The maximum atomic E-state index is 11.9. The molecule has 0 aromatic rings. The van der Waals surface area contributed by atoms with Gasteiger partial charge in [0.05, 0.1) is 0 Å². The Morgan fingerprint density at radius 1 is 1.21 bits per heavy atom. The monoisotopic (exact) mass is 260 g/mol. The van der Waals surface area contributed by atoms with Crippen LogP contribution in [0.2, 0.25) is 0 Å². The number of ketones is 2. The van der Waals surface area contributed by atoms with E-state index in [9.17, 15) is 9.59 Å². The third kappa shape index (κ3) is 1.69. The van der Waals surface area contributed by atoms with Crippen LogP contribution in [0.4, 0.5) is 0 Å². The van der Waals surface area contributed by atoms with E-state index in [0.29, 0.717) is 12.8 Å². The first-order valence-electron chi connectivity index (χ1n) is 7.34. The van der Waals surface area contributed by atoms with Crippen molar-refractivity contribution in [3.8, 4) is 0 Å². The summed E-state index contributed by atoms with van der Waals surface area (Å²) < 4.78 is 0. The number of Topliss-reactive ketones (excluding diaryl/α,β-unsaturated/α-hetero) is 1. The van der Waals surface area contributed by atoms with Gasteiger partial charge in [-0.05, 0) is 54.1 Å². The van der Waals surface area contributed by atoms with E-state index in [1.165, 1.54) is 5.57 Å². The molecule has 2 fully saturated rings. The van der Waals surface area contributed by atoms with Crippen molar-refractivity contribution in [2.75, 3.05) is 0 Å². The maximum absolute atomic E-state index is 11.9. The lowest BCUT2D eigenvalue weighted by Crippen LogP contribution is -2.48. The maximum Gasteiger partial charge on any atom is 0.158 e. The molecule has 3 atom stereocenters. The van der Waals surface area contributed by atoms with Crippen LogP contribution in [0.25, 0.3) is 0 Å². The van der Waals surface area contributed by atoms with Crippen LogP contribution in [0.5, 0.6) is 0 Å². The fraction of sp³-hybridized carbons (Fsp3) is 0.647. The average Bonchev–Trinajstić information content (AvgIpc) is 2.37. The van der Waals surface area contributed by atoms with Crippen LogP contribution >= 0.6 is 0 Å². The summed E-state index contributed by atoms with van der Waals surface area (Å²) in [4.78, 5) is 23.8. The van der Waals surface area contributed by atoms with Gasteiger partial charge in [-0.25, -0.2) is 0 Å². The highest BCUT2D eigenvalue weighted by Gasteiger charge is 2.53. The Morgan fingerprint density at radius 2 is 1.95 bits per heavy atom. The Bertz CT molecular complexity index is 519. The third-order valence-electron chi connectivity index (χ3n) is 5.90. The smallest absolute Gasteiger partial charge is 0.158 e. The minimum atomic E-state index is -0.0198. The highest BCUT2D eigenvalue weighted by molar-refractivity contribution is 5.97. The molecule has 3 aliphatic rings. The highest BCUT2D eigenvalue weighted by atomic mass is 16.1. The second kappa shape index (κ2) is 3.91. The molecule has 0 spiro atoms. The van der Waals surface area contributed by atoms with Crippen molar-refractivity contribution in [1.29, 1.82) is 0 Å². The van der Waals surface area contributed by atoms with Crippen molar-refractivity contribution < 1.29 is 11.0 Å². The van der Waals surface area contributed by atoms with Crippen LogP contribution in [-0.2, 0) is 9.59 Å². The minimum absolute atomic E-state index is 0. The summed E-state index contributed by atoms with van der Waals surface area (Å²) in [6, 6.07) is 0. The van der Waals surface area contributed by atoms with Gasteiger partial charge in [0.2, 0.25) is 0 Å². The molecule has 1 unspecified atom stereocenters. The predicted molar refractivity (Wildman–Crippen MR) is 76.8 cm³/mol. The van der Waals surface area contributed by atoms with Gasteiger partial charge in [0, 0.05) is 14.3 Å². The molecule has 104 valence electrons. The number of hydrogen-bond acceptors (Lipinski definition) is 2. The van der Waals surface area contributed by atoms with Gasteiger partial charge in [-0.15, -0.1) is 0 Å². The van der Waals surface area contributed by atoms with E-state index in [-0.39, 0.29) is 29.7 Å². The van der Waals surface area contributed by atoms with E-state index in [1.54, 1.807) is 0 Å². The van der Waals surface area contributed by atoms with Gasteiger partial charge >= 0.3 is 0 Å². The molecular weight excluding hydrogens is 236 g/mol. The van der Waals surface area contributed by atoms with Crippen molar-refractivity contribution in [3.63, 3.8) is 0 Å². The average molecular weight is 260 g/mol. The Hall–Kier alpha value is -1.18. The van der Waals surface area contributed by atoms with E-state index in [4.69, 9.17) is 0 Å². The van der Waals surface area contributed by atoms with Crippen molar-refractivity contribution in [3.05, 3.63) is 23.8 Å². The Balaban J connectivity index is 0.00000147. The Morgan fingerprint density at radius 3 is 2.68 bits per heavy atom. The lowest BCUT2D eigenvalue weighted by Gasteiger charge is -2.55. The van der Waals surface area contributed by atoms with Crippen molar-refractivity contribution in [1.82, 2.24) is 0 Å². The molecule has 2 heteroatoms. The first-order chi connectivity index (χ1) is 8.87. The highest BCUT2D eigenvalue weighted by Crippen LogP contribution is 2.61. The summed E-state index contributed by atoms with van der Waals surface area (Å²) in [6.07, 6.45) is 7.15. The SMILES string of the molecule is C=C1C(=O)CC[C@]2(C)C3=CC(=O)CC[C@]3(C)CCC12.[HH]. The fourth-order valence-electron chi connectivity index (χ4n) is 4.62. The van der Waals surface area contributed by atoms with Crippen molar-refractivity contribution in [2.45, 2.75) is 52.4 Å². The Labute approximate surface area is 116 Å². The zero-order chi connectivity index (χ0) is 13.8. The second-order valence-corrected chi connectivity index (χ2v) is 7.04. The molecule has 0 aromatic carbocycles. The van der Waals surface area contributed by atoms with Crippen LogP contribution in [0.15, 0.2) is 23.8 Å². The van der Waals surface area contributed by atoms with Crippen LogP contribution in [0.1, 0.15) is 53.8 Å². The minimum Gasteiger partial charge on any atom is -0.295 e. The van der Waals surface area contributed by atoms with Gasteiger partial charge in [0.25, 0.3) is 0 Å². The quantitative estimate of drug-likeness (QED) is 0.620. The lowest BCUT2D eigenvalue weighted by molar-refractivity contribution is -0.119. The molecule has 3 aliphatic carbocycles. The number of fused-ring (bicyclic) bond motifs is 3. The number of carbonyl (C=O) groups excluding carboxylic acids is 2. The zero-order valence-corrected chi connectivity index (χ0v) is 11.9. The van der Waals surface area contributed by atoms with Crippen molar-refractivity contribution in [2.24, 2.45) is 16.7 Å². The van der Waals surface area contributed by atoms with Gasteiger partial charge in [0.1, 0.15) is 0 Å². The summed E-state index contributed by atoms with van der Waals surface area (Å²) in [5.74, 6) is 0.740. The normalized spacial score (nSPS) is 42.5. The predicted octanol–water partition coefficient (Wildman–Crippen LogP) is 3.86. The van der Waals surface area contributed by atoms with Gasteiger partial charge < -0.3 is 0 Å². The summed E-state index contributed by atoms with van der Waals surface area (Å²) in [5.41, 5.74) is 2.25. The number of rotatable bonds is 0. The van der Waals surface area contributed by atoms with E-state index in [0.717, 1.165) is 31.3 Å². The molecule has 0 amide bonds. The van der Waals surface area contributed by atoms with Gasteiger partial charge in [-0.2, -0.15) is 0 Å². The van der Waals surface area contributed by atoms with Crippen LogP contribution in [0.3, 0.4) is 0 Å². The number of hydrogen-bond donors (Lipinski definition) is 0. The standard InChI is InChI=1S/C17H22O2.H2/c1-11-13-5-8-16(2)7-4-12(18)10-15(16)17(13,3)9-6-14(11)19;/h10,13H,1,4-9H2,2-3H3;1H/t13?,16-,17+;/m1./s1. The summed E-state index contributed by atoms with van der Waals surface area (Å²) in [7, 11) is 0. The van der Waals surface area contributed by atoms with Crippen LogP contribution < -0.4 is 0 Å². The molecule has 0 heterocycles. The molecule has 2 nitrogen and oxygen atoms in total. The third-order valence-corrected chi connectivity index (χ3v) is 5.90. The van der Waals surface area contributed by atoms with Gasteiger partial charge in [-0.3, -0.25) is 9.59 Å². The molecule has 0 aliphatic heterocycles. The van der Waals surface area contributed by atoms with E-state index < -0.39 is 0 Å². The molecule has 3 rings (SSSR count). The Kier molecular flexibility index (Phi) is 2.64. The van der Waals surface area contributed by atoms with E-state index >= 15 is 0 Å². The van der Waals surface area contributed by atoms with E-state index in [1.807, 2.05) is 6.08 Å². The first kappa shape index (κ1) is 12.8. The topological polar surface area (TPSA) is 34.1 Å². The van der Waals surface area contributed by atoms with Gasteiger partial charge in [0.15, 0.2) is 11.6 Å². The van der Waals surface area contributed by atoms with Crippen LogP contribution in [0, 0.1) is 16.7 Å². The number of allylic oxidation sites excluding steroid dienone is 3. The molecule has 2 saturated carbocycles. The molecule has 0 bridgehead atoms. The largest absolute Gasteiger partial charge is 0.295 e. The first-order valence-corrected chi connectivity index (χ1v) is 7.34. The van der Waals surface area contributed by atoms with Crippen LogP contribution in [-0.4, -0.2) is 11.6 Å². The molecule has 0 aromatic heterocycles.